The maximum absolute atomic E-state index is 13.2. The predicted molar refractivity (Wildman–Crippen MR) is 86.6 cm³/mol. The molecule has 1 aromatic rings. The van der Waals surface area contributed by atoms with Crippen LogP contribution in [0.15, 0.2) is 18.2 Å². The zero-order valence-corrected chi connectivity index (χ0v) is 14.3. The Labute approximate surface area is 136 Å². The van der Waals surface area contributed by atoms with Crippen molar-refractivity contribution in [3.8, 4) is 0 Å². The minimum atomic E-state index is -3.56. The zero-order chi connectivity index (χ0) is 17.2. The van der Waals surface area contributed by atoms with Crippen molar-refractivity contribution < 1.29 is 17.6 Å². The van der Waals surface area contributed by atoms with Crippen LogP contribution in [0.5, 0.6) is 0 Å². The molecule has 2 N–H and O–H groups in total. The first kappa shape index (κ1) is 17.8. The minimum Gasteiger partial charge on any atom is -0.326 e. The zero-order valence-electron chi connectivity index (χ0n) is 13.5. The number of rotatable bonds is 5. The van der Waals surface area contributed by atoms with Gasteiger partial charge in [-0.3, -0.25) is 4.79 Å². The number of hydrogen-bond acceptors (Lipinski definition) is 3. The van der Waals surface area contributed by atoms with Gasteiger partial charge in [-0.2, -0.15) is 17.4 Å². The summed E-state index contributed by atoms with van der Waals surface area (Å²) in [4.78, 5) is 12.3. The number of carbonyl (C=O) groups excluding carboxylic acids is 1. The Kier molecular flexibility index (Phi) is 5.38. The second kappa shape index (κ2) is 6.94. The fourth-order valence-corrected chi connectivity index (χ4v) is 3.97. The first-order chi connectivity index (χ1) is 10.7. The molecule has 128 valence electrons. The molecular formula is C15H22FN3O3S. The maximum atomic E-state index is 13.2. The summed E-state index contributed by atoms with van der Waals surface area (Å²) in [6.07, 6.45) is 0.463. The van der Waals surface area contributed by atoms with Crippen molar-refractivity contribution in [2.24, 2.45) is 5.92 Å². The first-order valence-electron chi connectivity index (χ1n) is 7.53. The molecule has 1 saturated heterocycles. The van der Waals surface area contributed by atoms with Gasteiger partial charge in [0.05, 0.1) is 5.92 Å². The van der Waals surface area contributed by atoms with E-state index in [1.165, 1.54) is 16.4 Å². The third-order valence-electron chi connectivity index (χ3n) is 3.67. The fraction of sp³-hybridized carbons (Fsp3) is 0.533. The van der Waals surface area contributed by atoms with Crippen molar-refractivity contribution in [3.05, 3.63) is 29.6 Å². The van der Waals surface area contributed by atoms with Crippen LogP contribution in [0.3, 0.4) is 0 Å². The number of hydrogen-bond donors (Lipinski definition) is 2. The number of aryl methyl sites for hydroxylation is 1. The number of nitrogens with one attached hydrogen (secondary N) is 2. The molecule has 1 fully saturated rings. The Morgan fingerprint density at radius 3 is 2.70 bits per heavy atom. The van der Waals surface area contributed by atoms with Gasteiger partial charge in [-0.25, -0.2) is 4.39 Å². The van der Waals surface area contributed by atoms with E-state index in [0.717, 1.165) is 0 Å². The summed E-state index contributed by atoms with van der Waals surface area (Å²) >= 11 is 0. The van der Waals surface area contributed by atoms with Gasteiger partial charge in [-0.15, -0.1) is 0 Å². The van der Waals surface area contributed by atoms with Crippen LogP contribution in [0.4, 0.5) is 10.1 Å². The van der Waals surface area contributed by atoms with E-state index >= 15 is 0 Å². The van der Waals surface area contributed by atoms with Gasteiger partial charge in [0, 0.05) is 24.8 Å². The summed E-state index contributed by atoms with van der Waals surface area (Å²) in [5.41, 5.74) is 0.954. The molecule has 1 amide bonds. The lowest BCUT2D eigenvalue weighted by Gasteiger charge is -2.18. The quantitative estimate of drug-likeness (QED) is 0.853. The molecule has 0 spiro atoms. The van der Waals surface area contributed by atoms with E-state index in [9.17, 15) is 17.6 Å². The molecule has 1 aromatic carbocycles. The predicted octanol–water partition coefficient (Wildman–Crippen LogP) is 1.64. The van der Waals surface area contributed by atoms with E-state index in [2.05, 4.69) is 10.0 Å². The molecule has 1 unspecified atom stereocenters. The van der Waals surface area contributed by atoms with Gasteiger partial charge in [0.15, 0.2) is 0 Å². The van der Waals surface area contributed by atoms with Crippen LogP contribution in [0.1, 0.15) is 25.8 Å². The van der Waals surface area contributed by atoms with Gasteiger partial charge in [-0.05, 0) is 51.0 Å². The number of nitrogens with zero attached hydrogens (tertiary/aromatic N) is 1. The molecular weight excluding hydrogens is 321 g/mol. The second-order valence-corrected chi connectivity index (χ2v) is 7.78. The van der Waals surface area contributed by atoms with Gasteiger partial charge in [0.2, 0.25) is 5.91 Å². The highest BCUT2D eigenvalue weighted by Gasteiger charge is 2.35. The van der Waals surface area contributed by atoms with Gasteiger partial charge < -0.3 is 5.32 Å². The largest absolute Gasteiger partial charge is 0.326 e. The van der Waals surface area contributed by atoms with Crippen LogP contribution in [0, 0.1) is 18.7 Å². The van der Waals surface area contributed by atoms with Crippen LogP contribution in [0.25, 0.3) is 0 Å². The van der Waals surface area contributed by atoms with E-state index in [1.54, 1.807) is 26.8 Å². The standard InChI is InChI=1S/C15H22FN3O3S/c1-10(2)18-23(21,22)19-7-6-12(9-19)15(20)17-13-4-5-14(16)11(3)8-13/h4-5,8,10,12,18H,6-7,9H2,1-3H3,(H,17,20). The number of carbonyl (C=O) groups is 1. The lowest BCUT2D eigenvalue weighted by molar-refractivity contribution is -0.119. The highest BCUT2D eigenvalue weighted by Crippen LogP contribution is 2.21. The molecule has 0 bridgehead atoms. The molecule has 23 heavy (non-hydrogen) atoms. The van der Waals surface area contributed by atoms with Crippen molar-refractivity contribution in [1.82, 2.24) is 9.03 Å². The summed E-state index contributed by atoms with van der Waals surface area (Å²) in [5, 5.41) is 2.72. The summed E-state index contributed by atoms with van der Waals surface area (Å²) in [6, 6.07) is 4.14. The Bertz CT molecular complexity index is 691. The van der Waals surface area contributed by atoms with Crippen molar-refractivity contribution in [1.29, 1.82) is 0 Å². The second-order valence-electron chi connectivity index (χ2n) is 6.07. The van der Waals surface area contributed by atoms with Crippen molar-refractivity contribution in [2.75, 3.05) is 18.4 Å². The summed E-state index contributed by atoms with van der Waals surface area (Å²) in [6.45, 7) is 5.56. The van der Waals surface area contributed by atoms with Gasteiger partial charge in [-0.1, -0.05) is 0 Å². The monoisotopic (exact) mass is 343 g/mol. The molecule has 0 saturated carbocycles. The lowest BCUT2D eigenvalue weighted by Crippen LogP contribution is -2.42. The molecule has 8 heteroatoms. The topological polar surface area (TPSA) is 78.5 Å². The maximum Gasteiger partial charge on any atom is 0.279 e. The number of anilines is 1. The first-order valence-corrected chi connectivity index (χ1v) is 8.97. The molecule has 0 aliphatic carbocycles. The Morgan fingerprint density at radius 1 is 1.39 bits per heavy atom. The summed E-state index contributed by atoms with van der Waals surface area (Å²) in [7, 11) is -3.56. The molecule has 0 radical (unpaired) electrons. The normalized spacial score (nSPS) is 19.3. The van der Waals surface area contributed by atoms with Crippen molar-refractivity contribution in [2.45, 2.75) is 33.2 Å². The van der Waals surface area contributed by atoms with E-state index in [1.807, 2.05) is 0 Å². The Balaban J connectivity index is 1.98. The number of halogens is 1. The molecule has 0 aromatic heterocycles. The van der Waals surface area contributed by atoms with E-state index in [0.29, 0.717) is 24.2 Å². The highest BCUT2D eigenvalue weighted by molar-refractivity contribution is 7.87. The van der Waals surface area contributed by atoms with E-state index < -0.39 is 16.1 Å². The van der Waals surface area contributed by atoms with Crippen molar-refractivity contribution in [3.63, 3.8) is 0 Å². The third-order valence-corrected chi connectivity index (χ3v) is 5.45. The number of benzene rings is 1. The average molecular weight is 343 g/mol. The van der Waals surface area contributed by atoms with Gasteiger partial charge >= 0.3 is 0 Å². The molecule has 6 nitrogen and oxygen atoms in total. The lowest BCUT2D eigenvalue weighted by atomic mass is 10.1. The Morgan fingerprint density at radius 2 is 2.09 bits per heavy atom. The number of amides is 1. The molecule has 1 heterocycles. The van der Waals surface area contributed by atoms with Crippen LogP contribution in [-0.2, 0) is 15.0 Å². The van der Waals surface area contributed by atoms with E-state index in [4.69, 9.17) is 0 Å². The molecule has 2 rings (SSSR count). The average Bonchev–Trinajstić information content (AvgIpc) is 2.92. The third kappa shape index (κ3) is 4.49. The van der Waals surface area contributed by atoms with Crippen LogP contribution in [0.2, 0.25) is 0 Å². The van der Waals surface area contributed by atoms with Crippen LogP contribution >= 0.6 is 0 Å². The Hall–Kier alpha value is -1.51. The summed E-state index contributed by atoms with van der Waals surface area (Å²) < 4.78 is 41.2. The molecule has 1 aliphatic rings. The van der Waals surface area contributed by atoms with E-state index in [-0.39, 0.29) is 24.3 Å². The van der Waals surface area contributed by atoms with Gasteiger partial charge in [0.1, 0.15) is 5.82 Å². The SMILES string of the molecule is Cc1cc(NC(=O)C2CCN(S(=O)(=O)NC(C)C)C2)ccc1F. The smallest absolute Gasteiger partial charge is 0.279 e. The van der Waals surface area contributed by atoms with Crippen LogP contribution < -0.4 is 10.0 Å². The fourth-order valence-electron chi connectivity index (χ4n) is 2.50. The molecule has 1 aliphatic heterocycles. The minimum absolute atomic E-state index is 0.147. The van der Waals surface area contributed by atoms with Gasteiger partial charge in [0.25, 0.3) is 10.2 Å². The van der Waals surface area contributed by atoms with Crippen molar-refractivity contribution >= 4 is 21.8 Å². The highest BCUT2D eigenvalue weighted by atomic mass is 32.2. The van der Waals surface area contributed by atoms with Crippen LogP contribution in [-0.4, -0.2) is 37.8 Å². The molecule has 1 atom stereocenters. The summed E-state index contributed by atoms with van der Waals surface area (Å²) in [5.74, 6) is -0.997.